The first-order valence-corrected chi connectivity index (χ1v) is 5.41. The molecule has 0 radical (unpaired) electrons. The maximum Gasteiger partial charge on any atom is 0.325 e. The highest BCUT2D eigenvalue weighted by Crippen LogP contribution is 2.20. The van der Waals surface area contributed by atoms with Crippen molar-refractivity contribution >= 4 is 22.7 Å². The maximum atomic E-state index is 10.8. The third kappa shape index (κ3) is 2.23. The van der Waals surface area contributed by atoms with E-state index in [4.69, 9.17) is 10.4 Å². The van der Waals surface area contributed by atoms with Crippen molar-refractivity contribution in [3.63, 3.8) is 0 Å². The molecule has 2 aromatic rings. The van der Waals surface area contributed by atoms with Crippen molar-refractivity contribution < 1.29 is 9.90 Å². The summed E-state index contributed by atoms with van der Waals surface area (Å²) in [5.74, 6) is -0.694. The fourth-order valence-corrected chi connectivity index (χ4v) is 1.58. The minimum atomic E-state index is -0.992. The van der Waals surface area contributed by atoms with E-state index in [1.807, 2.05) is 30.3 Å². The predicted molar refractivity (Wildman–Crippen MR) is 67.2 cm³/mol. The molecule has 1 unspecified atom stereocenters. The summed E-state index contributed by atoms with van der Waals surface area (Å²) in [5, 5.41) is 21.5. The monoisotopic (exact) mass is 241 g/mol. The van der Waals surface area contributed by atoms with E-state index in [0.29, 0.717) is 11.4 Å². The molecule has 2 rings (SSSR count). The Labute approximate surface area is 104 Å². The Kier molecular flexibility index (Phi) is 3.11. The van der Waals surface area contributed by atoms with Crippen LogP contribution < -0.4 is 5.32 Å². The molecule has 5 nitrogen and oxygen atoms in total. The third-order valence-corrected chi connectivity index (χ3v) is 2.57. The topological polar surface area (TPSA) is 86.0 Å². The van der Waals surface area contributed by atoms with Gasteiger partial charge in [0.15, 0.2) is 0 Å². The number of aromatic nitrogens is 1. The van der Waals surface area contributed by atoms with Gasteiger partial charge >= 0.3 is 5.97 Å². The number of pyridine rings is 1. The largest absolute Gasteiger partial charge is 0.480 e. The summed E-state index contributed by atoms with van der Waals surface area (Å²) >= 11 is 0. The fourth-order valence-electron chi connectivity index (χ4n) is 1.58. The summed E-state index contributed by atoms with van der Waals surface area (Å²) in [6, 6.07) is 10.3. The molecule has 0 bridgehead atoms. The SMILES string of the molecule is CC(Nc1nc2ccccc2cc1C#N)C(=O)O. The molecule has 0 saturated carbocycles. The van der Waals surface area contributed by atoms with Gasteiger partial charge in [-0.05, 0) is 19.1 Å². The van der Waals surface area contributed by atoms with Gasteiger partial charge in [0, 0.05) is 5.39 Å². The zero-order valence-electron chi connectivity index (χ0n) is 9.71. The van der Waals surface area contributed by atoms with E-state index in [0.717, 1.165) is 10.9 Å². The number of fused-ring (bicyclic) bond motifs is 1. The number of anilines is 1. The van der Waals surface area contributed by atoms with Crippen LogP contribution in [-0.2, 0) is 4.79 Å². The van der Waals surface area contributed by atoms with E-state index in [2.05, 4.69) is 10.3 Å². The highest BCUT2D eigenvalue weighted by Gasteiger charge is 2.14. The summed E-state index contributed by atoms with van der Waals surface area (Å²) in [6.45, 7) is 1.50. The highest BCUT2D eigenvalue weighted by molar-refractivity contribution is 5.84. The van der Waals surface area contributed by atoms with Crippen molar-refractivity contribution in [3.8, 4) is 6.07 Å². The molecule has 18 heavy (non-hydrogen) atoms. The second-order valence-corrected chi connectivity index (χ2v) is 3.89. The molecule has 0 aliphatic heterocycles. The number of nitrogens with one attached hydrogen (secondary N) is 1. The summed E-state index contributed by atoms with van der Waals surface area (Å²) in [5.41, 5.74) is 1.05. The average molecular weight is 241 g/mol. The molecule has 0 aliphatic rings. The first-order valence-electron chi connectivity index (χ1n) is 5.41. The van der Waals surface area contributed by atoms with Crippen molar-refractivity contribution in [1.82, 2.24) is 4.98 Å². The number of carboxylic acids is 1. The average Bonchev–Trinajstić information content (AvgIpc) is 2.37. The predicted octanol–water partition coefficient (Wildman–Crippen LogP) is 1.99. The Hall–Kier alpha value is -2.61. The third-order valence-electron chi connectivity index (χ3n) is 2.57. The lowest BCUT2D eigenvalue weighted by Crippen LogP contribution is -2.26. The quantitative estimate of drug-likeness (QED) is 0.858. The Bertz CT molecular complexity index is 646. The van der Waals surface area contributed by atoms with Crippen LogP contribution in [0.15, 0.2) is 30.3 Å². The Morgan fingerprint density at radius 2 is 2.22 bits per heavy atom. The molecule has 1 aromatic heterocycles. The van der Waals surface area contributed by atoms with Crippen LogP contribution in [0.5, 0.6) is 0 Å². The van der Waals surface area contributed by atoms with Gasteiger partial charge in [0.05, 0.1) is 11.1 Å². The van der Waals surface area contributed by atoms with Gasteiger partial charge < -0.3 is 10.4 Å². The molecule has 90 valence electrons. The van der Waals surface area contributed by atoms with Gasteiger partial charge in [0.1, 0.15) is 17.9 Å². The first kappa shape index (κ1) is 11.9. The van der Waals surface area contributed by atoms with E-state index in [1.165, 1.54) is 6.92 Å². The summed E-state index contributed by atoms with van der Waals surface area (Å²) in [7, 11) is 0. The number of nitriles is 1. The molecule has 1 atom stereocenters. The normalized spacial score (nSPS) is 11.8. The number of hydrogen-bond donors (Lipinski definition) is 2. The highest BCUT2D eigenvalue weighted by atomic mass is 16.4. The smallest absolute Gasteiger partial charge is 0.325 e. The lowest BCUT2D eigenvalue weighted by Gasteiger charge is -2.11. The lowest BCUT2D eigenvalue weighted by atomic mass is 10.1. The van der Waals surface area contributed by atoms with Crippen LogP contribution in [-0.4, -0.2) is 22.1 Å². The molecule has 2 N–H and O–H groups in total. The molecule has 5 heteroatoms. The van der Waals surface area contributed by atoms with Gasteiger partial charge in [-0.2, -0.15) is 5.26 Å². The molecule has 0 fully saturated rings. The van der Waals surface area contributed by atoms with Crippen LogP contribution in [0.25, 0.3) is 10.9 Å². The van der Waals surface area contributed by atoms with Crippen LogP contribution in [0.4, 0.5) is 5.82 Å². The zero-order chi connectivity index (χ0) is 13.1. The van der Waals surface area contributed by atoms with E-state index < -0.39 is 12.0 Å². The van der Waals surface area contributed by atoms with E-state index >= 15 is 0 Å². The number of para-hydroxylation sites is 1. The number of nitrogens with zero attached hydrogens (tertiary/aromatic N) is 2. The number of rotatable bonds is 3. The minimum absolute atomic E-state index is 0.297. The van der Waals surface area contributed by atoms with Crippen molar-refractivity contribution in [3.05, 3.63) is 35.9 Å². The molecule has 0 aliphatic carbocycles. The maximum absolute atomic E-state index is 10.8. The van der Waals surface area contributed by atoms with Gasteiger partial charge in [-0.3, -0.25) is 4.79 Å². The second kappa shape index (κ2) is 4.72. The van der Waals surface area contributed by atoms with Crippen molar-refractivity contribution in [2.24, 2.45) is 0 Å². The minimum Gasteiger partial charge on any atom is -0.480 e. The van der Waals surface area contributed by atoms with Crippen LogP contribution in [0.2, 0.25) is 0 Å². The standard InChI is InChI=1S/C13H11N3O2/c1-8(13(17)18)15-12-10(7-14)6-9-4-2-3-5-11(9)16-12/h2-6,8H,1H3,(H,15,16)(H,17,18). The number of benzene rings is 1. The summed E-state index contributed by atoms with van der Waals surface area (Å²) in [6.07, 6.45) is 0. The van der Waals surface area contributed by atoms with Crippen molar-refractivity contribution in [2.45, 2.75) is 13.0 Å². The fraction of sp³-hybridized carbons (Fsp3) is 0.154. The van der Waals surface area contributed by atoms with Crippen molar-refractivity contribution in [1.29, 1.82) is 5.26 Å². The molecule has 0 saturated heterocycles. The number of hydrogen-bond acceptors (Lipinski definition) is 4. The molecule has 1 heterocycles. The number of carbonyl (C=O) groups is 1. The van der Waals surface area contributed by atoms with E-state index in [-0.39, 0.29) is 0 Å². The van der Waals surface area contributed by atoms with Gasteiger partial charge in [-0.15, -0.1) is 0 Å². The number of aliphatic carboxylic acids is 1. The Balaban J connectivity index is 2.49. The van der Waals surface area contributed by atoms with E-state index in [1.54, 1.807) is 6.07 Å². The van der Waals surface area contributed by atoms with Crippen molar-refractivity contribution in [2.75, 3.05) is 5.32 Å². The van der Waals surface area contributed by atoms with Gasteiger partial charge in [0.25, 0.3) is 0 Å². The van der Waals surface area contributed by atoms with Crippen LogP contribution in [0, 0.1) is 11.3 Å². The summed E-state index contributed by atoms with van der Waals surface area (Å²) < 4.78 is 0. The van der Waals surface area contributed by atoms with E-state index in [9.17, 15) is 4.79 Å². The van der Waals surface area contributed by atoms with Crippen LogP contribution >= 0.6 is 0 Å². The van der Waals surface area contributed by atoms with Crippen LogP contribution in [0.1, 0.15) is 12.5 Å². The van der Waals surface area contributed by atoms with Gasteiger partial charge in [0.2, 0.25) is 0 Å². The van der Waals surface area contributed by atoms with Gasteiger partial charge in [-0.25, -0.2) is 4.98 Å². The lowest BCUT2D eigenvalue weighted by molar-refractivity contribution is -0.137. The molecule has 0 spiro atoms. The molecule has 1 aromatic carbocycles. The molecule has 0 amide bonds. The Morgan fingerprint density at radius 1 is 1.50 bits per heavy atom. The van der Waals surface area contributed by atoms with Crippen LogP contribution in [0.3, 0.4) is 0 Å². The van der Waals surface area contributed by atoms with Gasteiger partial charge in [-0.1, -0.05) is 18.2 Å². The second-order valence-electron chi connectivity index (χ2n) is 3.89. The summed E-state index contributed by atoms with van der Waals surface area (Å²) in [4.78, 5) is 15.1. The first-order chi connectivity index (χ1) is 8.61. The molecular formula is C13H11N3O2. The number of carboxylic acid groups (broad SMARTS) is 1. The molecular weight excluding hydrogens is 230 g/mol. The Morgan fingerprint density at radius 3 is 2.89 bits per heavy atom. The zero-order valence-corrected chi connectivity index (χ0v) is 9.71.